The Morgan fingerprint density at radius 3 is 2.46 bits per heavy atom. The average molecular weight is 387 g/mol. The number of nitrogens with one attached hydrogen (secondary N) is 1. The number of amides is 1. The molecule has 1 aliphatic heterocycles. The second-order valence-electron chi connectivity index (χ2n) is 7.72. The third kappa shape index (κ3) is 8.04. The maximum absolute atomic E-state index is 11.5. The summed E-state index contributed by atoms with van der Waals surface area (Å²) >= 11 is 0. The molecule has 1 aliphatic rings. The normalized spacial score (nSPS) is 13.0. The van der Waals surface area contributed by atoms with Crippen LogP contribution in [0.4, 0.5) is 4.79 Å². The van der Waals surface area contributed by atoms with Gasteiger partial charge in [-0.15, -0.1) is 0 Å². The SMILES string of the molecule is CCCCCCCCCCCC1=NCCc2cc(CNC(=O)OCC)ccc21. The van der Waals surface area contributed by atoms with Crippen molar-refractivity contribution in [2.24, 2.45) is 4.99 Å². The van der Waals surface area contributed by atoms with Crippen LogP contribution >= 0.6 is 0 Å². The minimum absolute atomic E-state index is 0.354. The summed E-state index contributed by atoms with van der Waals surface area (Å²) in [5, 5.41) is 2.80. The molecule has 0 aliphatic carbocycles. The molecule has 0 bridgehead atoms. The molecule has 28 heavy (non-hydrogen) atoms. The predicted molar refractivity (Wildman–Crippen MR) is 117 cm³/mol. The van der Waals surface area contributed by atoms with Gasteiger partial charge in [0.1, 0.15) is 0 Å². The van der Waals surface area contributed by atoms with Crippen molar-refractivity contribution in [3.05, 3.63) is 34.9 Å². The quantitative estimate of drug-likeness (QED) is 0.410. The first-order chi connectivity index (χ1) is 13.7. The zero-order valence-electron chi connectivity index (χ0n) is 17.9. The van der Waals surface area contributed by atoms with E-state index in [2.05, 4.69) is 30.4 Å². The Balaban J connectivity index is 1.72. The summed E-state index contributed by atoms with van der Waals surface area (Å²) in [4.78, 5) is 16.3. The highest BCUT2D eigenvalue weighted by molar-refractivity contribution is 6.02. The highest BCUT2D eigenvalue weighted by atomic mass is 16.5. The van der Waals surface area contributed by atoms with Crippen LogP contribution < -0.4 is 5.32 Å². The van der Waals surface area contributed by atoms with E-state index in [0.29, 0.717) is 13.2 Å². The minimum atomic E-state index is -0.354. The van der Waals surface area contributed by atoms with Crippen LogP contribution in [0.3, 0.4) is 0 Å². The molecule has 156 valence electrons. The van der Waals surface area contributed by atoms with Gasteiger partial charge in [0, 0.05) is 18.8 Å². The van der Waals surface area contributed by atoms with Gasteiger partial charge in [-0.1, -0.05) is 76.5 Å². The predicted octanol–water partition coefficient (Wildman–Crippen LogP) is 6.20. The summed E-state index contributed by atoms with van der Waals surface area (Å²) in [6.07, 6.45) is 13.9. The second kappa shape index (κ2) is 13.4. The Bertz CT molecular complexity index is 625. The Morgan fingerprint density at radius 1 is 1.04 bits per heavy atom. The van der Waals surface area contributed by atoms with Gasteiger partial charge in [-0.3, -0.25) is 4.99 Å². The van der Waals surface area contributed by atoms with Gasteiger partial charge < -0.3 is 10.1 Å². The molecule has 2 rings (SSSR count). The van der Waals surface area contributed by atoms with Crippen LogP contribution in [0.2, 0.25) is 0 Å². The Kier molecular flexibility index (Phi) is 10.7. The highest BCUT2D eigenvalue weighted by Crippen LogP contribution is 2.21. The molecule has 0 atom stereocenters. The molecule has 0 unspecified atom stereocenters. The lowest BCUT2D eigenvalue weighted by atomic mass is 9.92. The molecule has 1 aromatic carbocycles. The molecule has 0 fully saturated rings. The summed E-state index contributed by atoms with van der Waals surface area (Å²) in [6, 6.07) is 6.50. The van der Waals surface area contributed by atoms with Gasteiger partial charge in [0.25, 0.3) is 0 Å². The van der Waals surface area contributed by atoms with Crippen LogP contribution in [0.15, 0.2) is 23.2 Å². The maximum atomic E-state index is 11.5. The second-order valence-corrected chi connectivity index (χ2v) is 7.72. The third-order valence-corrected chi connectivity index (χ3v) is 5.39. The molecular formula is C24H38N2O2. The van der Waals surface area contributed by atoms with Crippen LogP contribution in [0.1, 0.15) is 94.7 Å². The number of unbranched alkanes of at least 4 members (excludes halogenated alkanes) is 8. The number of hydrogen-bond acceptors (Lipinski definition) is 3. The molecule has 0 saturated heterocycles. The van der Waals surface area contributed by atoms with E-state index >= 15 is 0 Å². The van der Waals surface area contributed by atoms with Crippen LogP contribution in [-0.4, -0.2) is 25.0 Å². The molecule has 1 N–H and O–H groups in total. The van der Waals surface area contributed by atoms with E-state index in [-0.39, 0.29) is 6.09 Å². The molecule has 0 spiro atoms. The first-order valence-corrected chi connectivity index (χ1v) is 11.3. The van der Waals surface area contributed by atoms with Crippen molar-refractivity contribution in [2.45, 2.75) is 91.0 Å². The lowest BCUT2D eigenvalue weighted by molar-refractivity contribution is 0.151. The molecule has 1 heterocycles. The van der Waals surface area contributed by atoms with Gasteiger partial charge in [0.2, 0.25) is 0 Å². The Morgan fingerprint density at radius 2 is 1.75 bits per heavy atom. The fourth-order valence-electron chi connectivity index (χ4n) is 3.82. The smallest absolute Gasteiger partial charge is 0.407 e. The summed E-state index contributed by atoms with van der Waals surface area (Å²) in [5.41, 5.74) is 5.07. The number of carbonyl (C=O) groups is 1. The van der Waals surface area contributed by atoms with Gasteiger partial charge in [0.15, 0.2) is 0 Å². The van der Waals surface area contributed by atoms with Crippen molar-refractivity contribution in [3.8, 4) is 0 Å². The molecule has 1 amide bonds. The number of rotatable bonds is 13. The van der Waals surface area contributed by atoms with E-state index < -0.39 is 0 Å². The number of nitrogens with zero attached hydrogens (tertiary/aromatic N) is 1. The zero-order valence-corrected chi connectivity index (χ0v) is 17.9. The van der Waals surface area contributed by atoms with E-state index in [1.54, 1.807) is 0 Å². The van der Waals surface area contributed by atoms with Crippen LogP contribution in [0.25, 0.3) is 0 Å². The fourth-order valence-corrected chi connectivity index (χ4v) is 3.82. The number of carbonyl (C=O) groups excluding carboxylic acids is 1. The number of fused-ring (bicyclic) bond motifs is 1. The Hall–Kier alpha value is -1.84. The van der Waals surface area contributed by atoms with Gasteiger partial charge in [-0.25, -0.2) is 4.79 Å². The molecule has 4 nitrogen and oxygen atoms in total. The minimum Gasteiger partial charge on any atom is -0.450 e. The van der Waals surface area contributed by atoms with Gasteiger partial charge in [-0.2, -0.15) is 0 Å². The first kappa shape index (κ1) is 22.4. The Labute approximate surface area is 171 Å². The fraction of sp³-hybridized carbons (Fsp3) is 0.667. The van der Waals surface area contributed by atoms with E-state index in [1.165, 1.54) is 74.6 Å². The van der Waals surface area contributed by atoms with Crippen molar-refractivity contribution in [1.29, 1.82) is 0 Å². The summed E-state index contributed by atoms with van der Waals surface area (Å²) in [7, 11) is 0. The lowest BCUT2D eigenvalue weighted by Crippen LogP contribution is -2.24. The number of ether oxygens (including phenoxy) is 1. The topological polar surface area (TPSA) is 50.7 Å². The van der Waals surface area contributed by atoms with Crippen LogP contribution in [-0.2, 0) is 17.7 Å². The zero-order chi connectivity index (χ0) is 20.0. The van der Waals surface area contributed by atoms with Gasteiger partial charge in [-0.05, 0) is 42.9 Å². The van der Waals surface area contributed by atoms with Gasteiger partial charge in [0.05, 0.1) is 6.61 Å². The monoisotopic (exact) mass is 386 g/mol. The molecule has 1 aromatic rings. The average Bonchev–Trinajstić information content (AvgIpc) is 2.71. The van der Waals surface area contributed by atoms with Crippen molar-refractivity contribution >= 4 is 11.8 Å². The molecule has 0 aromatic heterocycles. The standard InChI is InChI=1S/C24H38N2O2/c1-3-5-6-7-8-9-10-11-12-13-23-22-15-14-20(18-21(22)16-17-25-23)19-26-24(27)28-4-2/h14-15,18H,3-13,16-17,19H2,1-2H3,(H,26,27). The van der Waals surface area contributed by atoms with E-state index in [4.69, 9.17) is 9.73 Å². The van der Waals surface area contributed by atoms with E-state index in [0.717, 1.165) is 24.9 Å². The van der Waals surface area contributed by atoms with Crippen molar-refractivity contribution in [2.75, 3.05) is 13.2 Å². The van der Waals surface area contributed by atoms with Crippen molar-refractivity contribution in [3.63, 3.8) is 0 Å². The summed E-state index contributed by atoms with van der Waals surface area (Å²) < 4.78 is 4.92. The molecule has 0 radical (unpaired) electrons. The van der Waals surface area contributed by atoms with Crippen LogP contribution in [0.5, 0.6) is 0 Å². The third-order valence-electron chi connectivity index (χ3n) is 5.39. The number of alkyl carbamates (subject to hydrolysis) is 1. The summed E-state index contributed by atoms with van der Waals surface area (Å²) in [5.74, 6) is 0. The van der Waals surface area contributed by atoms with E-state index in [1.807, 2.05) is 6.92 Å². The molecule has 0 saturated carbocycles. The van der Waals surface area contributed by atoms with E-state index in [9.17, 15) is 4.79 Å². The number of benzene rings is 1. The van der Waals surface area contributed by atoms with Crippen molar-refractivity contribution in [1.82, 2.24) is 5.32 Å². The largest absolute Gasteiger partial charge is 0.450 e. The van der Waals surface area contributed by atoms with Crippen LogP contribution in [0, 0.1) is 0 Å². The first-order valence-electron chi connectivity index (χ1n) is 11.3. The maximum Gasteiger partial charge on any atom is 0.407 e. The number of aliphatic imine (C=N–C) groups is 1. The summed E-state index contributed by atoms with van der Waals surface area (Å²) in [6.45, 7) is 5.88. The molecule has 4 heteroatoms. The highest BCUT2D eigenvalue weighted by Gasteiger charge is 2.14. The molecular weight excluding hydrogens is 348 g/mol. The van der Waals surface area contributed by atoms with Gasteiger partial charge >= 0.3 is 6.09 Å². The number of hydrogen-bond donors (Lipinski definition) is 1. The van der Waals surface area contributed by atoms with Crippen molar-refractivity contribution < 1.29 is 9.53 Å². The lowest BCUT2D eigenvalue weighted by Gasteiger charge is -2.18.